The third kappa shape index (κ3) is 6.65. The van der Waals surface area contributed by atoms with E-state index in [9.17, 15) is 14.5 Å². The van der Waals surface area contributed by atoms with Crippen molar-refractivity contribution in [3.63, 3.8) is 0 Å². The predicted molar refractivity (Wildman–Crippen MR) is 153 cm³/mol. The number of anilines is 2. The Labute approximate surface area is 243 Å². The van der Waals surface area contributed by atoms with E-state index in [-0.39, 0.29) is 17.3 Å². The van der Waals surface area contributed by atoms with E-state index in [1.807, 2.05) is 0 Å². The summed E-state index contributed by atoms with van der Waals surface area (Å²) in [5, 5.41) is 16.4. The van der Waals surface area contributed by atoms with Crippen LogP contribution in [-0.2, 0) is 23.4 Å². The fourth-order valence-electron chi connectivity index (χ4n) is 4.35. The number of nitrogens with one attached hydrogen (secondary N) is 2. The molecule has 0 spiro atoms. The summed E-state index contributed by atoms with van der Waals surface area (Å²) in [6, 6.07) is 7.10. The first kappa shape index (κ1) is 31.6. The van der Waals surface area contributed by atoms with E-state index in [0.29, 0.717) is 11.3 Å². The second-order valence-electron chi connectivity index (χ2n) is 10.5. The van der Waals surface area contributed by atoms with E-state index >= 15 is 4.39 Å². The van der Waals surface area contributed by atoms with Crippen LogP contribution in [0.25, 0.3) is 11.2 Å². The summed E-state index contributed by atoms with van der Waals surface area (Å²) in [5.41, 5.74) is -1.66. The SMILES string of the molecule is CNc1nc(N(C)C)c2ncn([C@@H]3O[C@H](COP(=O)(N[C@@H](C)C(=O)OC(C)C)Oc4ccccc4)[C@@H](O)[C@@]3(C)F)c2n1. The molecule has 0 radical (unpaired) electrons. The lowest BCUT2D eigenvalue weighted by Gasteiger charge is -2.25. The van der Waals surface area contributed by atoms with Crippen molar-refractivity contribution in [1.29, 1.82) is 0 Å². The molecule has 0 aliphatic carbocycles. The summed E-state index contributed by atoms with van der Waals surface area (Å²) in [6.45, 7) is 5.44. The Hall–Kier alpha value is -3.36. The number of esters is 1. The third-order valence-corrected chi connectivity index (χ3v) is 8.10. The Bertz CT molecular complexity index is 1440. The Balaban J connectivity index is 1.59. The van der Waals surface area contributed by atoms with Crippen LogP contribution in [0.1, 0.15) is 33.9 Å². The van der Waals surface area contributed by atoms with Gasteiger partial charge in [-0.15, -0.1) is 0 Å². The largest absolute Gasteiger partial charge is 0.462 e. The Morgan fingerprint density at radius 2 is 1.95 bits per heavy atom. The molecule has 0 bridgehead atoms. The summed E-state index contributed by atoms with van der Waals surface area (Å²) in [6.07, 6.45) is -3.40. The predicted octanol–water partition coefficient (Wildman–Crippen LogP) is 3.05. The zero-order valence-corrected chi connectivity index (χ0v) is 25.4. The molecule has 6 atom stereocenters. The molecule has 230 valence electrons. The number of aromatic nitrogens is 4. The number of halogens is 1. The van der Waals surface area contributed by atoms with Crippen molar-refractivity contribution in [3.05, 3.63) is 36.7 Å². The number of alkyl halides is 1. The fraction of sp³-hybridized carbons (Fsp3) is 0.538. The first-order valence-corrected chi connectivity index (χ1v) is 14.9. The number of rotatable bonds is 12. The lowest BCUT2D eigenvalue weighted by molar-refractivity contribution is -0.149. The molecule has 4 rings (SSSR count). The summed E-state index contributed by atoms with van der Waals surface area (Å²) in [4.78, 5) is 27.4. The number of fused-ring (bicyclic) bond motifs is 1. The number of ether oxygens (including phenoxy) is 2. The van der Waals surface area contributed by atoms with Crippen LogP contribution in [0.2, 0.25) is 0 Å². The molecule has 0 amide bonds. The van der Waals surface area contributed by atoms with Gasteiger partial charge in [0.25, 0.3) is 0 Å². The van der Waals surface area contributed by atoms with E-state index in [4.69, 9.17) is 18.5 Å². The highest BCUT2D eigenvalue weighted by Crippen LogP contribution is 2.48. The molecule has 1 aliphatic heterocycles. The fourth-order valence-corrected chi connectivity index (χ4v) is 5.86. The van der Waals surface area contributed by atoms with Crippen LogP contribution >= 0.6 is 7.75 Å². The lowest BCUT2D eigenvalue weighted by atomic mass is 9.98. The van der Waals surface area contributed by atoms with Gasteiger partial charge in [0, 0.05) is 21.1 Å². The molecule has 3 aromatic rings. The molecule has 1 aromatic carbocycles. The van der Waals surface area contributed by atoms with Crippen molar-refractivity contribution in [1.82, 2.24) is 24.6 Å². The van der Waals surface area contributed by atoms with Gasteiger partial charge in [-0.2, -0.15) is 15.1 Å². The highest BCUT2D eigenvalue weighted by Gasteiger charge is 2.56. The third-order valence-electron chi connectivity index (χ3n) is 6.45. The van der Waals surface area contributed by atoms with Gasteiger partial charge in [-0.1, -0.05) is 18.2 Å². The molecule has 1 fully saturated rings. The number of carbonyl (C=O) groups is 1. The van der Waals surface area contributed by atoms with Gasteiger partial charge in [-0.05, 0) is 39.8 Å². The van der Waals surface area contributed by atoms with E-state index < -0.39 is 56.6 Å². The monoisotopic (exact) mass is 609 g/mol. The van der Waals surface area contributed by atoms with Gasteiger partial charge < -0.3 is 29.3 Å². The zero-order chi connectivity index (χ0) is 30.8. The number of nitrogens with zero attached hydrogens (tertiary/aromatic N) is 5. The molecule has 2 aromatic heterocycles. The van der Waals surface area contributed by atoms with Crippen LogP contribution < -0.4 is 19.8 Å². The van der Waals surface area contributed by atoms with E-state index in [1.54, 1.807) is 70.2 Å². The normalized spacial score (nSPS) is 24.4. The standard InChI is InChI=1S/C26H37FN7O7P/c1-15(2)39-23(36)16(3)32-42(37,41-17-11-9-8-10-12-17)38-13-18-20(35)26(4,27)24(40-18)34-14-29-19-21(33(6)7)30-25(28-5)31-22(19)34/h8-12,14-16,18,20,24,35H,13H2,1-7H3,(H,32,37)(H,28,30,31)/t16-,18+,20+,24+,26+,42?/m0/s1. The van der Waals surface area contributed by atoms with Crippen LogP contribution in [0.4, 0.5) is 16.2 Å². The Morgan fingerprint density at radius 3 is 2.57 bits per heavy atom. The van der Waals surface area contributed by atoms with Gasteiger partial charge in [0.05, 0.1) is 19.0 Å². The van der Waals surface area contributed by atoms with Gasteiger partial charge in [-0.25, -0.2) is 13.9 Å². The number of imidazole rings is 1. The summed E-state index contributed by atoms with van der Waals surface area (Å²) < 4.78 is 53.7. The second-order valence-corrected chi connectivity index (χ2v) is 12.2. The van der Waals surface area contributed by atoms with Gasteiger partial charge in [0.1, 0.15) is 24.0 Å². The maximum absolute atomic E-state index is 16.1. The Morgan fingerprint density at radius 1 is 1.26 bits per heavy atom. The first-order valence-electron chi connectivity index (χ1n) is 13.3. The minimum atomic E-state index is -4.28. The number of aliphatic hydroxyl groups is 1. The average Bonchev–Trinajstić information content (AvgIpc) is 3.44. The molecule has 3 heterocycles. The molecule has 1 unspecified atom stereocenters. The lowest BCUT2D eigenvalue weighted by Crippen LogP contribution is -2.41. The number of benzene rings is 1. The average molecular weight is 610 g/mol. The van der Waals surface area contributed by atoms with E-state index in [1.165, 1.54) is 24.7 Å². The topological polar surface area (TPSA) is 162 Å². The highest BCUT2D eigenvalue weighted by molar-refractivity contribution is 7.52. The molecule has 1 saturated heterocycles. The number of carbonyl (C=O) groups excluding carboxylic acids is 1. The van der Waals surface area contributed by atoms with Crippen molar-refractivity contribution in [3.8, 4) is 5.75 Å². The molecule has 3 N–H and O–H groups in total. The maximum Gasteiger partial charge on any atom is 0.459 e. The Kier molecular flexibility index (Phi) is 9.38. The first-order chi connectivity index (χ1) is 19.8. The quantitative estimate of drug-likeness (QED) is 0.203. The maximum atomic E-state index is 16.1. The molecule has 42 heavy (non-hydrogen) atoms. The van der Waals surface area contributed by atoms with Crippen LogP contribution in [-0.4, -0.2) is 88.4 Å². The molecule has 1 aliphatic rings. The zero-order valence-electron chi connectivity index (χ0n) is 24.5. The van der Waals surface area contributed by atoms with Crippen molar-refractivity contribution < 1.29 is 37.4 Å². The number of aliphatic hydroxyl groups excluding tert-OH is 1. The molecule has 14 nitrogen and oxygen atoms in total. The smallest absolute Gasteiger partial charge is 0.459 e. The van der Waals surface area contributed by atoms with Crippen LogP contribution in [0.15, 0.2) is 36.7 Å². The molecular weight excluding hydrogens is 572 g/mol. The van der Waals surface area contributed by atoms with Gasteiger partial charge in [0.2, 0.25) is 5.95 Å². The molecule has 16 heteroatoms. The summed E-state index contributed by atoms with van der Waals surface area (Å²) >= 11 is 0. The van der Waals surface area contributed by atoms with Gasteiger partial charge >= 0.3 is 13.7 Å². The van der Waals surface area contributed by atoms with Crippen molar-refractivity contribution >= 4 is 36.6 Å². The van der Waals surface area contributed by atoms with Crippen LogP contribution in [0.5, 0.6) is 5.75 Å². The number of hydrogen-bond donors (Lipinski definition) is 3. The minimum Gasteiger partial charge on any atom is -0.462 e. The van der Waals surface area contributed by atoms with Crippen molar-refractivity contribution in [2.24, 2.45) is 0 Å². The van der Waals surface area contributed by atoms with E-state index in [0.717, 1.165) is 0 Å². The van der Waals surface area contributed by atoms with Gasteiger partial charge in [0.15, 0.2) is 28.9 Å². The van der Waals surface area contributed by atoms with Crippen molar-refractivity contribution in [2.75, 3.05) is 38.0 Å². The number of para-hydroxylation sites is 1. The summed E-state index contributed by atoms with van der Waals surface area (Å²) in [7, 11) is 0.944. The molecular formula is C26H37FN7O7P. The minimum absolute atomic E-state index is 0.195. The van der Waals surface area contributed by atoms with E-state index in [2.05, 4.69) is 25.4 Å². The second kappa shape index (κ2) is 12.5. The number of hydrogen-bond acceptors (Lipinski definition) is 12. The van der Waals surface area contributed by atoms with Crippen molar-refractivity contribution in [2.45, 2.75) is 63.9 Å². The van der Waals surface area contributed by atoms with Gasteiger partial charge in [-0.3, -0.25) is 13.9 Å². The van der Waals surface area contributed by atoms with Crippen LogP contribution in [0, 0.1) is 0 Å². The van der Waals surface area contributed by atoms with Crippen LogP contribution in [0.3, 0.4) is 0 Å². The highest BCUT2D eigenvalue weighted by atomic mass is 31.2. The summed E-state index contributed by atoms with van der Waals surface area (Å²) in [5.74, 6) is 0.297. The molecule has 0 saturated carbocycles.